The Kier molecular flexibility index (Phi) is 9.98. The number of ether oxygens (including phenoxy) is 2. The Bertz CT molecular complexity index is 876. The van der Waals surface area contributed by atoms with Gasteiger partial charge in [0.15, 0.2) is 5.84 Å². The predicted octanol–water partition coefficient (Wildman–Crippen LogP) is 4.14. The number of esters is 1. The summed E-state index contributed by atoms with van der Waals surface area (Å²) in [6, 6.07) is 0. The summed E-state index contributed by atoms with van der Waals surface area (Å²) in [7, 11) is 0. The molecule has 1 N–H and O–H groups in total. The van der Waals surface area contributed by atoms with Gasteiger partial charge in [-0.15, -0.1) is 0 Å². The van der Waals surface area contributed by atoms with Crippen LogP contribution >= 0.6 is 0 Å². The second-order valence-electron chi connectivity index (χ2n) is 9.24. The van der Waals surface area contributed by atoms with E-state index in [-0.39, 0.29) is 49.0 Å². The molecule has 0 bridgehead atoms. The van der Waals surface area contributed by atoms with Crippen molar-refractivity contribution in [3.8, 4) is 0 Å². The number of amides is 1. The Labute approximate surface area is 205 Å². The number of carbonyl (C=O) groups is 3. The number of allylic oxidation sites excluding steroid dienone is 1. The third kappa shape index (κ3) is 7.47. The number of amidine groups is 1. The van der Waals surface area contributed by atoms with E-state index < -0.39 is 35.7 Å². The molecule has 0 aliphatic carbocycles. The van der Waals surface area contributed by atoms with E-state index in [9.17, 15) is 36.3 Å². The zero-order chi connectivity index (χ0) is 27.3. The van der Waals surface area contributed by atoms with Crippen molar-refractivity contribution in [1.29, 1.82) is 0 Å². The number of rotatable bonds is 9. The summed E-state index contributed by atoms with van der Waals surface area (Å²) in [6.07, 6.45) is -1.74. The smallest absolute Gasteiger partial charge is 0.463 e. The summed E-state index contributed by atoms with van der Waals surface area (Å²) in [5, 5.41) is 5.20. The minimum Gasteiger partial charge on any atom is -0.463 e. The van der Waals surface area contributed by atoms with Crippen molar-refractivity contribution < 1.29 is 50.6 Å². The summed E-state index contributed by atoms with van der Waals surface area (Å²) < 4.78 is 74.0. The van der Waals surface area contributed by atoms with Gasteiger partial charge in [-0.25, -0.2) is 4.79 Å². The Morgan fingerprint density at radius 1 is 1.19 bits per heavy atom. The van der Waals surface area contributed by atoms with Gasteiger partial charge < -0.3 is 19.6 Å². The fourth-order valence-electron chi connectivity index (χ4n) is 3.77. The summed E-state index contributed by atoms with van der Waals surface area (Å²) in [6.45, 7) is 7.59. The molecule has 8 nitrogen and oxygen atoms in total. The van der Waals surface area contributed by atoms with E-state index in [1.165, 1.54) is 6.08 Å². The number of hydrogen-bond donors (Lipinski definition) is 1. The largest absolute Gasteiger partial charge is 0.465 e. The van der Waals surface area contributed by atoms with Gasteiger partial charge in [-0.2, -0.15) is 22.0 Å². The highest BCUT2D eigenvalue weighted by Gasteiger charge is 2.65. The summed E-state index contributed by atoms with van der Waals surface area (Å²) in [4.78, 5) is 39.7. The van der Waals surface area contributed by atoms with E-state index in [0.29, 0.717) is 12.8 Å². The van der Waals surface area contributed by atoms with Crippen LogP contribution in [0, 0.1) is 23.7 Å². The molecule has 0 aromatic heterocycles. The molecule has 13 heteroatoms. The number of nitrogens with one attached hydrogen (secondary N) is 1. The average Bonchev–Trinajstić information content (AvgIpc) is 3.22. The maximum atomic E-state index is 13.0. The van der Waals surface area contributed by atoms with Crippen molar-refractivity contribution in [2.45, 2.75) is 77.7 Å². The molecular weight excluding hydrogens is 495 g/mol. The molecule has 0 saturated carbocycles. The Morgan fingerprint density at radius 3 is 2.44 bits per heavy atom. The molecule has 1 fully saturated rings. The minimum atomic E-state index is -6.14. The van der Waals surface area contributed by atoms with Gasteiger partial charge in [-0.1, -0.05) is 45.3 Å². The summed E-state index contributed by atoms with van der Waals surface area (Å²) >= 11 is 0. The maximum absolute atomic E-state index is 13.0. The van der Waals surface area contributed by atoms with Crippen LogP contribution in [-0.4, -0.2) is 54.6 Å². The lowest BCUT2D eigenvalue weighted by Gasteiger charge is -2.23. The normalized spacial score (nSPS) is 27.8. The van der Waals surface area contributed by atoms with Crippen LogP contribution in [0.15, 0.2) is 17.3 Å². The van der Waals surface area contributed by atoms with Crippen LogP contribution in [0.1, 0.15) is 53.4 Å². The first kappa shape index (κ1) is 29.7. The van der Waals surface area contributed by atoms with Crippen molar-refractivity contribution in [2.24, 2.45) is 28.8 Å². The van der Waals surface area contributed by atoms with Crippen molar-refractivity contribution in [3.63, 3.8) is 0 Å². The summed E-state index contributed by atoms with van der Waals surface area (Å²) in [5.41, 5.74) is 0. The first-order valence-corrected chi connectivity index (χ1v) is 11.7. The molecule has 0 aromatic rings. The third-order valence-electron chi connectivity index (χ3n) is 6.61. The SMILES string of the molecule is CCC(C)[C@@H](C)C(=O)OC[C@@H]1CC[C@H](CC2C(=O)NC(=NOC(=O)C(F)(F)C(F)(F)F)C=CC2C)O1. The van der Waals surface area contributed by atoms with Gasteiger partial charge >= 0.3 is 24.0 Å². The molecule has 6 atom stereocenters. The van der Waals surface area contributed by atoms with Crippen LogP contribution in [0.2, 0.25) is 0 Å². The standard InChI is InChI=1S/C23H31F5N2O6/c1-5-12(2)14(4)20(32)34-11-16-8-7-15(35-16)10-17-13(3)6-9-18(29-19(17)31)30-36-21(33)22(24,25)23(26,27)28/h6,9,12-17H,5,7-8,10-11H2,1-4H3,(H,29,30,31)/t12?,13?,14-,15-,16+,17?/m1/s1. The monoisotopic (exact) mass is 526 g/mol. The van der Waals surface area contributed by atoms with Crippen molar-refractivity contribution in [1.82, 2.24) is 5.32 Å². The van der Waals surface area contributed by atoms with Gasteiger partial charge in [0.1, 0.15) is 6.61 Å². The van der Waals surface area contributed by atoms with E-state index in [0.717, 1.165) is 12.5 Å². The quantitative estimate of drug-likeness (QED) is 0.210. The molecule has 0 spiro atoms. The molecule has 2 rings (SSSR count). The number of carbonyl (C=O) groups excluding carboxylic acids is 3. The third-order valence-corrected chi connectivity index (χ3v) is 6.61. The lowest BCUT2D eigenvalue weighted by molar-refractivity contribution is -0.280. The predicted molar refractivity (Wildman–Crippen MR) is 117 cm³/mol. The van der Waals surface area contributed by atoms with Crippen LogP contribution in [0.3, 0.4) is 0 Å². The molecule has 1 amide bonds. The van der Waals surface area contributed by atoms with Gasteiger partial charge in [0.05, 0.1) is 18.1 Å². The van der Waals surface area contributed by atoms with E-state index in [4.69, 9.17) is 9.47 Å². The fraction of sp³-hybridized carbons (Fsp3) is 0.739. The second kappa shape index (κ2) is 12.1. The van der Waals surface area contributed by atoms with Crippen LogP contribution in [-0.2, 0) is 28.7 Å². The zero-order valence-electron chi connectivity index (χ0n) is 20.4. The lowest BCUT2D eigenvalue weighted by atomic mass is 9.87. The molecule has 204 valence electrons. The highest BCUT2D eigenvalue weighted by molar-refractivity contribution is 6.06. The molecule has 0 aromatic carbocycles. The van der Waals surface area contributed by atoms with E-state index in [2.05, 4.69) is 15.3 Å². The van der Waals surface area contributed by atoms with Crippen molar-refractivity contribution in [2.75, 3.05) is 6.61 Å². The number of hydrogen-bond acceptors (Lipinski definition) is 7. The summed E-state index contributed by atoms with van der Waals surface area (Å²) in [5.74, 6) is -11.1. The molecule has 3 unspecified atom stereocenters. The highest BCUT2D eigenvalue weighted by atomic mass is 19.4. The van der Waals surface area contributed by atoms with Gasteiger partial charge in [0.25, 0.3) is 0 Å². The number of oxime groups is 1. The first-order chi connectivity index (χ1) is 16.7. The zero-order valence-corrected chi connectivity index (χ0v) is 20.4. The average molecular weight is 526 g/mol. The van der Waals surface area contributed by atoms with Crippen LogP contribution < -0.4 is 5.32 Å². The topological polar surface area (TPSA) is 103 Å². The van der Waals surface area contributed by atoms with Crippen LogP contribution in [0.25, 0.3) is 0 Å². The lowest BCUT2D eigenvalue weighted by Crippen LogP contribution is -2.45. The minimum absolute atomic E-state index is 0.104. The molecule has 2 heterocycles. The van der Waals surface area contributed by atoms with E-state index in [1.807, 2.05) is 20.8 Å². The molecule has 2 aliphatic heterocycles. The first-order valence-electron chi connectivity index (χ1n) is 11.7. The number of alkyl halides is 5. The van der Waals surface area contributed by atoms with E-state index >= 15 is 0 Å². The van der Waals surface area contributed by atoms with Gasteiger partial charge in [0, 0.05) is 5.92 Å². The van der Waals surface area contributed by atoms with Crippen molar-refractivity contribution >= 4 is 23.7 Å². The van der Waals surface area contributed by atoms with Crippen LogP contribution in [0.5, 0.6) is 0 Å². The molecule has 2 aliphatic rings. The number of nitrogens with zero attached hydrogens (tertiary/aromatic N) is 1. The van der Waals surface area contributed by atoms with Crippen LogP contribution in [0.4, 0.5) is 22.0 Å². The molecule has 36 heavy (non-hydrogen) atoms. The fourth-order valence-corrected chi connectivity index (χ4v) is 3.77. The molecule has 1 saturated heterocycles. The Morgan fingerprint density at radius 2 is 1.83 bits per heavy atom. The number of halogens is 5. The van der Waals surface area contributed by atoms with Gasteiger partial charge in [-0.3, -0.25) is 9.59 Å². The van der Waals surface area contributed by atoms with Crippen molar-refractivity contribution in [3.05, 3.63) is 12.2 Å². The van der Waals surface area contributed by atoms with E-state index in [1.54, 1.807) is 6.92 Å². The highest BCUT2D eigenvalue weighted by Crippen LogP contribution is 2.36. The Hall–Kier alpha value is -2.57. The Balaban J connectivity index is 1.90. The van der Waals surface area contributed by atoms with Gasteiger partial charge in [0.2, 0.25) is 5.91 Å². The molecular formula is C23H31F5N2O6. The van der Waals surface area contributed by atoms with Gasteiger partial charge in [-0.05, 0) is 37.2 Å². The maximum Gasteiger partial charge on any atom is 0.465 e. The molecule has 0 radical (unpaired) electrons. The second-order valence-corrected chi connectivity index (χ2v) is 9.24.